The molecule has 0 radical (unpaired) electrons. The SMILES string of the molecule is Cn1nc(-c2ccc(Cl)cc2)cc1NC(=O)CN1CCN(CC(=O)NC2CC2)CC1. The van der Waals surface area contributed by atoms with E-state index in [1.807, 2.05) is 30.3 Å². The third kappa shape index (κ3) is 5.59. The van der Waals surface area contributed by atoms with Crippen molar-refractivity contribution in [3.8, 4) is 11.3 Å². The molecule has 8 nitrogen and oxygen atoms in total. The van der Waals surface area contributed by atoms with Crippen LogP contribution >= 0.6 is 11.6 Å². The lowest BCUT2D eigenvalue weighted by Crippen LogP contribution is -2.51. The molecular weight excluding hydrogens is 404 g/mol. The van der Waals surface area contributed by atoms with Gasteiger partial charge in [0, 0.05) is 55.9 Å². The van der Waals surface area contributed by atoms with Gasteiger partial charge in [-0.3, -0.25) is 24.1 Å². The Morgan fingerprint density at radius 3 is 2.23 bits per heavy atom. The number of hydrogen-bond donors (Lipinski definition) is 2. The Hall–Kier alpha value is -2.42. The van der Waals surface area contributed by atoms with Gasteiger partial charge in [-0.2, -0.15) is 5.10 Å². The van der Waals surface area contributed by atoms with Gasteiger partial charge in [-0.25, -0.2) is 0 Å². The molecule has 1 aliphatic heterocycles. The molecule has 0 bridgehead atoms. The number of carbonyl (C=O) groups is 2. The molecule has 160 valence electrons. The average Bonchev–Trinajstić information content (AvgIpc) is 3.45. The number of rotatable bonds is 7. The van der Waals surface area contributed by atoms with Crippen molar-refractivity contribution in [1.29, 1.82) is 0 Å². The van der Waals surface area contributed by atoms with Gasteiger partial charge in [-0.15, -0.1) is 0 Å². The fraction of sp³-hybridized carbons (Fsp3) is 0.476. The van der Waals surface area contributed by atoms with E-state index in [4.69, 9.17) is 11.6 Å². The maximum absolute atomic E-state index is 12.5. The predicted molar refractivity (Wildman–Crippen MR) is 116 cm³/mol. The quantitative estimate of drug-likeness (QED) is 0.696. The Kier molecular flexibility index (Phi) is 6.36. The summed E-state index contributed by atoms with van der Waals surface area (Å²) in [5.74, 6) is 0.692. The van der Waals surface area contributed by atoms with Crippen LogP contribution in [0.5, 0.6) is 0 Å². The van der Waals surface area contributed by atoms with Crippen LogP contribution in [0.4, 0.5) is 5.82 Å². The highest BCUT2D eigenvalue weighted by Crippen LogP contribution is 2.23. The van der Waals surface area contributed by atoms with Gasteiger partial charge in [0.15, 0.2) is 0 Å². The number of nitrogens with zero attached hydrogens (tertiary/aromatic N) is 4. The van der Waals surface area contributed by atoms with E-state index in [1.165, 1.54) is 0 Å². The monoisotopic (exact) mass is 430 g/mol. The highest BCUT2D eigenvalue weighted by Gasteiger charge is 2.25. The number of anilines is 1. The second-order valence-electron chi connectivity index (χ2n) is 7.99. The van der Waals surface area contributed by atoms with Crippen molar-refractivity contribution in [1.82, 2.24) is 24.9 Å². The zero-order valence-electron chi connectivity index (χ0n) is 17.1. The van der Waals surface area contributed by atoms with Crippen molar-refractivity contribution < 1.29 is 9.59 Å². The number of aromatic nitrogens is 2. The van der Waals surface area contributed by atoms with E-state index < -0.39 is 0 Å². The highest BCUT2D eigenvalue weighted by atomic mass is 35.5. The molecule has 4 rings (SSSR count). The van der Waals surface area contributed by atoms with Crippen LogP contribution in [-0.2, 0) is 16.6 Å². The van der Waals surface area contributed by atoms with Crippen LogP contribution < -0.4 is 10.6 Å². The molecule has 9 heteroatoms. The van der Waals surface area contributed by atoms with E-state index in [-0.39, 0.29) is 11.8 Å². The van der Waals surface area contributed by atoms with E-state index >= 15 is 0 Å². The molecule has 1 aromatic heterocycles. The first-order valence-electron chi connectivity index (χ1n) is 10.3. The highest BCUT2D eigenvalue weighted by molar-refractivity contribution is 6.30. The molecule has 2 aromatic rings. The molecule has 2 amide bonds. The zero-order valence-corrected chi connectivity index (χ0v) is 17.9. The fourth-order valence-electron chi connectivity index (χ4n) is 3.54. The van der Waals surface area contributed by atoms with Crippen molar-refractivity contribution >= 4 is 29.2 Å². The van der Waals surface area contributed by atoms with Crippen molar-refractivity contribution in [2.24, 2.45) is 7.05 Å². The third-order valence-electron chi connectivity index (χ3n) is 5.43. The Morgan fingerprint density at radius 1 is 1.03 bits per heavy atom. The number of aryl methyl sites for hydroxylation is 1. The van der Waals surface area contributed by atoms with Crippen LogP contribution in [0.1, 0.15) is 12.8 Å². The standard InChI is InChI=1S/C21H27ClN6O2/c1-26-19(12-18(25-26)15-2-4-16(22)5-3-15)24-21(30)14-28-10-8-27(9-11-28)13-20(29)23-17-6-7-17/h2-5,12,17H,6-11,13-14H2,1H3,(H,23,29)(H,24,30). The largest absolute Gasteiger partial charge is 0.352 e. The Balaban J connectivity index is 1.24. The second kappa shape index (κ2) is 9.16. The molecular formula is C21H27ClN6O2. The molecule has 1 aromatic carbocycles. The van der Waals surface area contributed by atoms with E-state index in [2.05, 4.69) is 25.5 Å². The van der Waals surface area contributed by atoms with E-state index in [0.29, 0.717) is 30.0 Å². The van der Waals surface area contributed by atoms with Crippen LogP contribution in [0.2, 0.25) is 5.02 Å². The molecule has 0 atom stereocenters. The van der Waals surface area contributed by atoms with Gasteiger partial charge in [0.05, 0.1) is 18.8 Å². The average molecular weight is 431 g/mol. The van der Waals surface area contributed by atoms with Gasteiger partial charge in [0.1, 0.15) is 5.82 Å². The van der Waals surface area contributed by atoms with Crippen molar-refractivity contribution in [2.75, 3.05) is 44.6 Å². The maximum Gasteiger partial charge on any atom is 0.239 e. The van der Waals surface area contributed by atoms with E-state index in [9.17, 15) is 9.59 Å². The van der Waals surface area contributed by atoms with Crippen LogP contribution in [-0.4, -0.2) is 76.7 Å². The molecule has 0 unspecified atom stereocenters. The van der Waals surface area contributed by atoms with Gasteiger partial charge < -0.3 is 10.6 Å². The lowest BCUT2D eigenvalue weighted by Gasteiger charge is -2.33. The number of carbonyl (C=O) groups excluding carboxylic acids is 2. The predicted octanol–water partition coefficient (Wildman–Crippen LogP) is 1.58. The smallest absolute Gasteiger partial charge is 0.239 e. The molecule has 1 saturated heterocycles. The summed E-state index contributed by atoms with van der Waals surface area (Å²) < 4.78 is 1.66. The summed E-state index contributed by atoms with van der Waals surface area (Å²) in [6.45, 7) is 3.88. The van der Waals surface area contributed by atoms with Crippen LogP contribution in [0.3, 0.4) is 0 Å². The first-order chi connectivity index (χ1) is 14.5. The van der Waals surface area contributed by atoms with Crippen molar-refractivity contribution in [3.63, 3.8) is 0 Å². The summed E-state index contributed by atoms with van der Waals surface area (Å²) in [6.07, 6.45) is 2.21. The summed E-state index contributed by atoms with van der Waals surface area (Å²) in [5.41, 5.74) is 1.72. The van der Waals surface area contributed by atoms with E-state index in [0.717, 1.165) is 50.3 Å². The number of benzene rings is 1. The topological polar surface area (TPSA) is 82.5 Å². The normalized spacial score (nSPS) is 17.7. The molecule has 30 heavy (non-hydrogen) atoms. The van der Waals surface area contributed by atoms with Crippen molar-refractivity contribution in [2.45, 2.75) is 18.9 Å². The first kappa shape index (κ1) is 20.8. The summed E-state index contributed by atoms with van der Waals surface area (Å²) in [6, 6.07) is 9.70. The molecule has 0 spiro atoms. The van der Waals surface area contributed by atoms with Crippen LogP contribution in [0.15, 0.2) is 30.3 Å². The minimum absolute atomic E-state index is 0.0689. The van der Waals surface area contributed by atoms with Gasteiger partial charge >= 0.3 is 0 Å². The fourth-order valence-corrected chi connectivity index (χ4v) is 3.67. The summed E-state index contributed by atoms with van der Waals surface area (Å²) >= 11 is 5.94. The van der Waals surface area contributed by atoms with Crippen molar-refractivity contribution in [3.05, 3.63) is 35.4 Å². The number of hydrogen-bond acceptors (Lipinski definition) is 5. The zero-order chi connectivity index (χ0) is 21.1. The molecule has 1 saturated carbocycles. The third-order valence-corrected chi connectivity index (χ3v) is 5.68. The van der Waals surface area contributed by atoms with Gasteiger partial charge in [-0.1, -0.05) is 23.7 Å². The molecule has 2 N–H and O–H groups in total. The second-order valence-corrected chi connectivity index (χ2v) is 8.42. The summed E-state index contributed by atoms with van der Waals surface area (Å²) in [7, 11) is 1.81. The molecule has 1 aliphatic carbocycles. The number of piperazine rings is 1. The summed E-state index contributed by atoms with van der Waals surface area (Å²) in [5, 5.41) is 11.1. The number of halogens is 1. The Labute approximate surface area is 181 Å². The van der Waals surface area contributed by atoms with Gasteiger partial charge in [0.25, 0.3) is 0 Å². The Bertz CT molecular complexity index is 901. The lowest BCUT2D eigenvalue weighted by molar-refractivity contribution is -0.123. The number of amides is 2. The summed E-state index contributed by atoms with van der Waals surface area (Å²) in [4.78, 5) is 28.7. The maximum atomic E-state index is 12.5. The number of nitrogens with one attached hydrogen (secondary N) is 2. The van der Waals surface area contributed by atoms with Gasteiger partial charge in [0.2, 0.25) is 11.8 Å². The molecule has 2 heterocycles. The van der Waals surface area contributed by atoms with Gasteiger partial charge in [-0.05, 0) is 25.0 Å². The Morgan fingerprint density at radius 2 is 1.63 bits per heavy atom. The minimum atomic E-state index is -0.0689. The molecule has 2 fully saturated rings. The minimum Gasteiger partial charge on any atom is -0.352 e. The van der Waals surface area contributed by atoms with Crippen LogP contribution in [0.25, 0.3) is 11.3 Å². The van der Waals surface area contributed by atoms with Crippen LogP contribution in [0, 0.1) is 0 Å². The molecule has 2 aliphatic rings. The lowest BCUT2D eigenvalue weighted by atomic mass is 10.1. The van der Waals surface area contributed by atoms with E-state index in [1.54, 1.807) is 11.7 Å². The first-order valence-corrected chi connectivity index (χ1v) is 10.7.